The smallest absolute Gasteiger partial charge is 0.203 e. The molecule has 1 aliphatic heterocycles. The monoisotopic (exact) mass is 359 g/mol. The van der Waals surface area contributed by atoms with Crippen LogP contribution in [0.5, 0.6) is 17.2 Å². The standard InChI is InChI=1S/C21H26FNO3/c1-23(11-9-15-5-4-6-17(22)13-15)14-16-10-12-26-20-18(16)7-8-19(24-2)21(20)25-3/h4-8,13,16H,9-12,14H2,1-3H3. The minimum Gasteiger partial charge on any atom is -0.493 e. The predicted molar refractivity (Wildman–Crippen MR) is 100 cm³/mol. The van der Waals surface area contributed by atoms with Crippen LogP contribution in [0.2, 0.25) is 0 Å². The summed E-state index contributed by atoms with van der Waals surface area (Å²) in [5.74, 6) is 2.34. The van der Waals surface area contributed by atoms with Crippen LogP contribution in [0.3, 0.4) is 0 Å². The van der Waals surface area contributed by atoms with E-state index < -0.39 is 0 Å². The van der Waals surface area contributed by atoms with Crippen LogP contribution in [-0.4, -0.2) is 45.9 Å². The average Bonchev–Trinajstić information content (AvgIpc) is 2.65. The van der Waals surface area contributed by atoms with Crippen LogP contribution in [0.15, 0.2) is 36.4 Å². The van der Waals surface area contributed by atoms with E-state index >= 15 is 0 Å². The first-order valence-corrected chi connectivity index (χ1v) is 8.93. The predicted octanol–water partition coefficient (Wildman–Crippen LogP) is 3.88. The van der Waals surface area contributed by atoms with Crippen LogP contribution in [0.4, 0.5) is 4.39 Å². The number of nitrogens with zero attached hydrogens (tertiary/aromatic N) is 1. The number of benzene rings is 2. The molecule has 0 N–H and O–H groups in total. The molecule has 0 spiro atoms. The van der Waals surface area contributed by atoms with Crippen LogP contribution < -0.4 is 14.2 Å². The molecule has 1 heterocycles. The molecule has 3 rings (SSSR count). The van der Waals surface area contributed by atoms with Crippen molar-refractivity contribution in [1.82, 2.24) is 4.90 Å². The number of ether oxygens (including phenoxy) is 3. The Hall–Kier alpha value is -2.27. The zero-order valence-corrected chi connectivity index (χ0v) is 15.6. The summed E-state index contributed by atoms with van der Waals surface area (Å²) in [5, 5.41) is 0. The lowest BCUT2D eigenvalue weighted by atomic mass is 9.92. The van der Waals surface area contributed by atoms with Gasteiger partial charge in [0.1, 0.15) is 5.82 Å². The fraction of sp³-hybridized carbons (Fsp3) is 0.429. The van der Waals surface area contributed by atoms with Gasteiger partial charge in [-0.15, -0.1) is 0 Å². The molecule has 140 valence electrons. The zero-order chi connectivity index (χ0) is 18.5. The van der Waals surface area contributed by atoms with E-state index in [-0.39, 0.29) is 5.82 Å². The van der Waals surface area contributed by atoms with E-state index in [4.69, 9.17) is 14.2 Å². The van der Waals surface area contributed by atoms with Gasteiger partial charge in [0, 0.05) is 24.6 Å². The van der Waals surface area contributed by atoms with Gasteiger partial charge in [0.05, 0.1) is 20.8 Å². The fourth-order valence-corrected chi connectivity index (χ4v) is 3.51. The highest BCUT2D eigenvalue weighted by atomic mass is 19.1. The third-order valence-electron chi connectivity index (χ3n) is 4.89. The van der Waals surface area contributed by atoms with Crippen molar-refractivity contribution in [2.24, 2.45) is 0 Å². The van der Waals surface area contributed by atoms with Crippen molar-refractivity contribution in [3.8, 4) is 17.2 Å². The summed E-state index contributed by atoms with van der Waals surface area (Å²) in [7, 11) is 5.37. The molecule has 0 bridgehead atoms. The average molecular weight is 359 g/mol. The molecule has 0 aromatic heterocycles. The van der Waals surface area contributed by atoms with E-state index in [1.165, 1.54) is 6.07 Å². The largest absolute Gasteiger partial charge is 0.493 e. The lowest BCUT2D eigenvalue weighted by molar-refractivity contribution is 0.220. The molecule has 2 aromatic carbocycles. The number of hydrogen-bond acceptors (Lipinski definition) is 4. The summed E-state index contributed by atoms with van der Waals surface area (Å²) in [5.41, 5.74) is 2.18. The number of rotatable bonds is 7. The highest BCUT2D eigenvalue weighted by Crippen LogP contribution is 2.45. The van der Waals surface area contributed by atoms with Crippen LogP contribution in [-0.2, 0) is 6.42 Å². The molecule has 5 heteroatoms. The SMILES string of the molecule is COc1ccc2c(c1OC)OCCC2CN(C)CCc1cccc(F)c1. The fourth-order valence-electron chi connectivity index (χ4n) is 3.51. The molecular weight excluding hydrogens is 333 g/mol. The molecule has 0 aliphatic carbocycles. The first-order chi connectivity index (χ1) is 12.6. The van der Waals surface area contributed by atoms with Crippen LogP contribution in [0, 0.1) is 5.82 Å². The summed E-state index contributed by atoms with van der Waals surface area (Å²) >= 11 is 0. The molecule has 0 saturated carbocycles. The Labute approximate surface area is 154 Å². The molecule has 0 saturated heterocycles. The topological polar surface area (TPSA) is 30.9 Å². The number of fused-ring (bicyclic) bond motifs is 1. The molecule has 1 unspecified atom stereocenters. The Kier molecular flexibility index (Phi) is 5.99. The Bertz CT molecular complexity index is 750. The number of halogens is 1. The van der Waals surface area contributed by atoms with Crippen molar-refractivity contribution < 1.29 is 18.6 Å². The van der Waals surface area contributed by atoms with Crippen molar-refractivity contribution in [2.75, 3.05) is 41.0 Å². The summed E-state index contributed by atoms with van der Waals surface area (Å²) in [6.07, 6.45) is 1.79. The zero-order valence-electron chi connectivity index (χ0n) is 15.6. The van der Waals surface area contributed by atoms with Gasteiger partial charge in [-0.05, 0) is 43.7 Å². The van der Waals surface area contributed by atoms with Crippen molar-refractivity contribution in [3.05, 3.63) is 53.3 Å². The first-order valence-electron chi connectivity index (χ1n) is 8.93. The van der Waals surface area contributed by atoms with Gasteiger partial charge in [-0.1, -0.05) is 18.2 Å². The van der Waals surface area contributed by atoms with E-state index in [1.807, 2.05) is 12.1 Å². The summed E-state index contributed by atoms with van der Waals surface area (Å²) in [6.45, 7) is 2.46. The molecule has 2 aromatic rings. The second kappa shape index (κ2) is 8.41. The summed E-state index contributed by atoms with van der Waals surface area (Å²) in [6, 6.07) is 10.8. The Balaban J connectivity index is 1.67. The molecule has 0 amide bonds. The van der Waals surface area contributed by atoms with Crippen LogP contribution in [0.25, 0.3) is 0 Å². The summed E-state index contributed by atoms with van der Waals surface area (Å²) in [4.78, 5) is 2.29. The van der Waals surface area contributed by atoms with Crippen molar-refractivity contribution >= 4 is 0 Å². The van der Waals surface area contributed by atoms with Crippen molar-refractivity contribution in [3.63, 3.8) is 0 Å². The van der Waals surface area contributed by atoms with Gasteiger partial charge in [0.25, 0.3) is 0 Å². The lowest BCUT2D eigenvalue weighted by Crippen LogP contribution is -2.29. The first kappa shape index (κ1) is 18.5. The van der Waals surface area contributed by atoms with E-state index in [0.29, 0.717) is 24.0 Å². The number of hydrogen-bond donors (Lipinski definition) is 0. The Morgan fingerprint density at radius 3 is 2.77 bits per heavy atom. The van der Waals surface area contributed by atoms with Gasteiger partial charge in [0.2, 0.25) is 5.75 Å². The van der Waals surface area contributed by atoms with Gasteiger partial charge in [-0.25, -0.2) is 4.39 Å². The van der Waals surface area contributed by atoms with Crippen LogP contribution in [0.1, 0.15) is 23.5 Å². The Morgan fingerprint density at radius 1 is 1.19 bits per heavy atom. The van der Waals surface area contributed by atoms with Gasteiger partial charge >= 0.3 is 0 Å². The molecule has 1 atom stereocenters. The maximum Gasteiger partial charge on any atom is 0.203 e. The number of methoxy groups -OCH3 is 2. The molecule has 0 radical (unpaired) electrons. The Morgan fingerprint density at radius 2 is 2.04 bits per heavy atom. The van der Waals surface area contributed by atoms with Gasteiger partial charge < -0.3 is 19.1 Å². The highest BCUT2D eigenvalue weighted by Gasteiger charge is 2.27. The quantitative estimate of drug-likeness (QED) is 0.751. The van der Waals surface area contributed by atoms with Gasteiger partial charge in [-0.3, -0.25) is 0 Å². The molecule has 26 heavy (non-hydrogen) atoms. The van der Waals surface area contributed by atoms with Crippen LogP contribution >= 0.6 is 0 Å². The van der Waals surface area contributed by atoms with E-state index in [2.05, 4.69) is 18.0 Å². The third kappa shape index (κ3) is 4.10. The van der Waals surface area contributed by atoms with E-state index in [0.717, 1.165) is 42.8 Å². The minimum atomic E-state index is -0.176. The normalized spacial score (nSPS) is 16.1. The van der Waals surface area contributed by atoms with Crippen molar-refractivity contribution in [2.45, 2.75) is 18.8 Å². The summed E-state index contributed by atoms with van der Waals surface area (Å²) < 4.78 is 30.1. The molecule has 1 aliphatic rings. The van der Waals surface area contributed by atoms with Gasteiger partial charge in [0.15, 0.2) is 11.5 Å². The van der Waals surface area contributed by atoms with Crippen molar-refractivity contribution in [1.29, 1.82) is 0 Å². The molecular formula is C21H26FNO3. The second-order valence-corrected chi connectivity index (χ2v) is 6.70. The van der Waals surface area contributed by atoms with E-state index in [9.17, 15) is 4.39 Å². The lowest BCUT2D eigenvalue weighted by Gasteiger charge is -2.30. The maximum absolute atomic E-state index is 13.3. The molecule has 4 nitrogen and oxygen atoms in total. The number of likely N-dealkylation sites (N-methyl/N-ethyl adjacent to an activating group) is 1. The van der Waals surface area contributed by atoms with E-state index in [1.54, 1.807) is 26.4 Å². The highest BCUT2D eigenvalue weighted by molar-refractivity contribution is 5.57. The second-order valence-electron chi connectivity index (χ2n) is 6.70. The minimum absolute atomic E-state index is 0.176. The third-order valence-corrected chi connectivity index (χ3v) is 4.89. The van der Waals surface area contributed by atoms with Gasteiger partial charge in [-0.2, -0.15) is 0 Å². The molecule has 0 fully saturated rings. The maximum atomic E-state index is 13.3.